The summed E-state index contributed by atoms with van der Waals surface area (Å²) < 4.78 is 5.05. The molecule has 5 rings (SSSR count). The van der Waals surface area contributed by atoms with Gasteiger partial charge in [0, 0.05) is 24.5 Å². The third-order valence-electron chi connectivity index (χ3n) is 6.82. The number of hydrogen-bond donors (Lipinski definition) is 1. The topological polar surface area (TPSA) is 58.6 Å². The van der Waals surface area contributed by atoms with Crippen molar-refractivity contribution < 1.29 is 14.3 Å². The Balaban J connectivity index is 1.32. The number of carbonyl (C=O) groups is 2. The molecule has 5 nitrogen and oxygen atoms in total. The van der Waals surface area contributed by atoms with E-state index < -0.39 is 0 Å². The SMILES string of the molecule is CCOC(=O)N1CCC(C(=O)NC23CC4CC(CC(C4)C2)C3)CC1. The fraction of sp³-hybridized carbons (Fsp3) is 0.895. The zero-order valence-electron chi connectivity index (χ0n) is 14.8. The minimum absolute atomic E-state index is 0.0590. The van der Waals surface area contributed by atoms with Gasteiger partial charge in [0.05, 0.1) is 6.61 Å². The number of rotatable bonds is 3. The van der Waals surface area contributed by atoms with Gasteiger partial charge in [-0.2, -0.15) is 0 Å². The van der Waals surface area contributed by atoms with E-state index >= 15 is 0 Å². The molecular weight excluding hydrogens is 304 g/mol. The van der Waals surface area contributed by atoms with Crippen molar-refractivity contribution in [3.05, 3.63) is 0 Å². The molecule has 2 amide bonds. The molecular formula is C19H30N2O3. The highest BCUT2D eigenvalue weighted by atomic mass is 16.6. The lowest BCUT2D eigenvalue weighted by atomic mass is 9.53. The maximum absolute atomic E-state index is 12.8. The van der Waals surface area contributed by atoms with Crippen LogP contribution in [0.4, 0.5) is 4.79 Å². The first-order valence-electron chi connectivity index (χ1n) is 9.80. The number of likely N-dealkylation sites (tertiary alicyclic amines) is 1. The highest BCUT2D eigenvalue weighted by molar-refractivity contribution is 5.80. The first-order chi connectivity index (χ1) is 11.6. The summed E-state index contributed by atoms with van der Waals surface area (Å²) in [6.07, 6.45) is 9.07. The smallest absolute Gasteiger partial charge is 0.409 e. The van der Waals surface area contributed by atoms with Crippen LogP contribution >= 0.6 is 0 Å². The number of nitrogens with zero attached hydrogens (tertiary/aromatic N) is 1. The summed E-state index contributed by atoms with van der Waals surface area (Å²) in [7, 11) is 0. The Labute approximate surface area is 144 Å². The molecule has 4 saturated carbocycles. The Kier molecular flexibility index (Phi) is 4.21. The number of amides is 2. The van der Waals surface area contributed by atoms with Crippen LogP contribution in [0.1, 0.15) is 58.3 Å². The number of carbonyl (C=O) groups excluding carboxylic acids is 2. The first kappa shape index (κ1) is 16.2. The summed E-state index contributed by atoms with van der Waals surface area (Å²) in [4.78, 5) is 26.3. The molecule has 1 aliphatic heterocycles. The zero-order valence-corrected chi connectivity index (χ0v) is 14.8. The summed E-state index contributed by atoms with van der Waals surface area (Å²) in [6.45, 7) is 3.50. The molecule has 1 N–H and O–H groups in total. The Morgan fingerprint density at radius 2 is 1.58 bits per heavy atom. The Morgan fingerprint density at radius 3 is 2.08 bits per heavy atom. The second kappa shape index (κ2) is 6.23. The Bertz CT molecular complexity index is 475. The maximum Gasteiger partial charge on any atom is 0.409 e. The molecule has 0 aromatic heterocycles. The molecule has 134 valence electrons. The van der Waals surface area contributed by atoms with Crippen LogP contribution in [0.15, 0.2) is 0 Å². The molecule has 0 radical (unpaired) electrons. The molecule has 0 unspecified atom stereocenters. The van der Waals surface area contributed by atoms with Crippen LogP contribution < -0.4 is 5.32 Å². The molecule has 0 aromatic rings. The average Bonchev–Trinajstić information content (AvgIpc) is 2.53. The van der Waals surface area contributed by atoms with E-state index in [0.717, 1.165) is 30.6 Å². The van der Waals surface area contributed by atoms with Gasteiger partial charge >= 0.3 is 6.09 Å². The third-order valence-corrected chi connectivity index (χ3v) is 6.82. The maximum atomic E-state index is 12.8. The second-order valence-electron chi connectivity index (χ2n) is 8.65. The summed E-state index contributed by atoms with van der Waals surface area (Å²) in [5.74, 6) is 2.84. The highest BCUT2D eigenvalue weighted by Crippen LogP contribution is 2.55. The van der Waals surface area contributed by atoms with E-state index in [4.69, 9.17) is 4.74 Å². The van der Waals surface area contributed by atoms with Gasteiger partial charge in [-0.15, -0.1) is 0 Å². The van der Waals surface area contributed by atoms with Crippen molar-refractivity contribution in [2.24, 2.45) is 23.7 Å². The van der Waals surface area contributed by atoms with Gasteiger partial charge in [-0.05, 0) is 76.0 Å². The van der Waals surface area contributed by atoms with E-state index in [1.165, 1.54) is 38.5 Å². The van der Waals surface area contributed by atoms with Gasteiger partial charge in [-0.25, -0.2) is 4.79 Å². The molecule has 5 aliphatic rings. The summed E-state index contributed by atoms with van der Waals surface area (Å²) in [6, 6.07) is 0. The molecule has 24 heavy (non-hydrogen) atoms. The Morgan fingerprint density at radius 1 is 1.04 bits per heavy atom. The van der Waals surface area contributed by atoms with E-state index in [0.29, 0.717) is 19.7 Å². The molecule has 5 fully saturated rings. The van der Waals surface area contributed by atoms with Crippen LogP contribution in [0.5, 0.6) is 0 Å². The van der Waals surface area contributed by atoms with Gasteiger partial charge in [-0.1, -0.05) is 0 Å². The van der Waals surface area contributed by atoms with Crippen molar-refractivity contribution in [2.75, 3.05) is 19.7 Å². The minimum atomic E-state index is -0.238. The van der Waals surface area contributed by atoms with Crippen LogP contribution in [0, 0.1) is 23.7 Å². The zero-order chi connectivity index (χ0) is 16.7. The van der Waals surface area contributed by atoms with E-state index in [-0.39, 0.29) is 23.5 Å². The largest absolute Gasteiger partial charge is 0.450 e. The van der Waals surface area contributed by atoms with Crippen molar-refractivity contribution in [3.8, 4) is 0 Å². The predicted octanol–water partition coefficient (Wildman–Crippen LogP) is 2.94. The van der Waals surface area contributed by atoms with Crippen molar-refractivity contribution >= 4 is 12.0 Å². The molecule has 4 aliphatic carbocycles. The number of piperidine rings is 1. The van der Waals surface area contributed by atoms with Gasteiger partial charge in [0.1, 0.15) is 0 Å². The fourth-order valence-electron chi connectivity index (χ4n) is 6.17. The highest BCUT2D eigenvalue weighted by Gasteiger charge is 2.51. The first-order valence-corrected chi connectivity index (χ1v) is 9.80. The fourth-order valence-corrected chi connectivity index (χ4v) is 6.17. The lowest BCUT2D eigenvalue weighted by Crippen LogP contribution is -2.61. The summed E-state index contributed by atoms with van der Waals surface area (Å²) in [5.41, 5.74) is 0.101. The van der Waals surface area contributed by atoms with Crippen LogP contribution in [0.25, 0.3) is 0 Å². The molecule has 1 heterocycles. The van der Waals surface area contributed by atoms with Crippen molar-refractivity contribution in [1.29, 1.82) is 0 Å². The third kappa shape index (κ3) is 3.02. The molecule has 5 heteroatoms. The Hall–Kier alpha value is -1.26. The van der Waals surface area contributed by atoms with E-state index in [1.54, 1.807) is 4.90 Å². The molecule has 4 bridgehead atoms. The summed E-state index contributed by atoms with van der Waals surface area (Å²) >= 11 is 0. The van der Waals surface area contributed by atoms with Crippen molar-refractivity contribution in [2.45, 2.75) is 63.8 Å². The number of ether oxygens (including phenoxy) is 1. The van der Waals surface area contributed by atoms with Gasteiger partial charge < -0.3 is 15.0 Å². The molecule has 0 atom stereocenters. The normalized spacial score (nSPS) is 38.2. The molecule has 0 spiro atoms. The van der Waals surface area contributed by atoms with Crippen molar-refractivity contribution in [1.82, 2.24) is 10.2 Å². The monoisotopic (exact) mass is 334 g/mol. The van der Waals surface area contributed by atoms with Crippen molar-refractivity contribution in [3.63, 3.8) is 0 Å². The van der Waals surface area contributed by atoms with Gasteiger partial charge in [0.2, 0.25) is 5.91 Å². The number of hydrogen-bond acceptors (Lipinski definition) is 3. The van der Waals surface area contributed by atoms with Crippen LogP contribution in [0.3, 0.4) is 0 Å². The van der Waals surface area contributed by atoms with Gasteiger partial charge in [0.25, 0.3) is 0 Å². The summed E-state index contributed by atoms with van der Waals surface area (Å²) in [5, 5.41) is 3.49. The quantitative estimate of drug-likeness (QED) is 0.863. The average molecular weight is 334 g/mol. The van der Waals surface area contributed by atoms with Crippen LogP contribution in [-0.4, -0.2) is 42.1 Å². The number of nitrogens with one attached hydrogen (secondary N) is 1. The van der Waals surface area contributed by atoms with Crippen LogP contribution in [0.2, 0.25) is 0 Å². The minimum Gasteiger partial charge on any atom is -0.450 e. The van der Waals surface area contributed by atoms with Gasteiger partial charge in [0.15, 0.2) is 0 Å². The van der Waals surface area contributed by atoms with E-state index in [2.05, 4.69) is 5.32 Å². The predicted molar refractivity (Wildman–Crippen MR) is 90.4 cm³/mol. The van der Waals surface area contributed by atoms with Gasteiger partial charge in [-0.3, -0.25) is 4.79 Å². The standard InChI is InChI=1S/C19H30N2O3/c1-2-24-18(23)21-5-3-16(4-6-21)17(22)20-19-10-13-7-14(11-19)9-15(8-13)12-19/h13-16H,2-12H2,1H3,(H,20,22). The van der Waals surface area contributed by atoms with E-state index in [9.17, 15) is 9.59 Å². The van der Waals surface area contributed by atoms with E-state index in [1.807, 2.05) is 6.92 Å². The molecule has 1 saturated heterocycles. The molecule has 0 aromatic carbocycles. The lowest BCUT2D eigenvalue weighted by Gasteiger charge is -2.57. The lowest BCUT2D eigenvalue weighted by molar-refractivity contribution is -0.132. The second-order valence-corrected chi connectivity index (χ2v) is 8.65. The van der Waals surface area contributed by atoms with Crippen LogP contribution in [-0.2, 0) is 9.53 Å².